The van der Waals surface area contributed by atoms with Crippen molar-refractivity contribution in [1.82, 2.24) is 24.9 Å². The maximum atomic E-state index is 13.0. The Morgan fingerprint density at radius 3 is 2.73 bits per heavy atom. The van der Waals surface area contributed by atoms with Gasteiger partial charge < -0.3 is 14.7 Å². The Kier molecular flexibility index (Phi) is 6.96. The fraction of sp³-hybridized carbons (Fsp3) is 0.321. The topological polar surface area (TPSA) is 110 Å². The molecule has 4 aromatic rings. The molecular formula is C28H29N5O4. The maximum absolute atomic E-state index is 13.0. The highest BCUT2D eigenvalue weighted by Gasteiger charge is 2.23. The van der Waals surface area contributed by atoms with Crippen LogP contribution in [0.4, 0.5) is 0 Å². The molecule has 0 aliphatic carbocycles. The van der Waals surface area contributed by atoms with Crippen molar-refractivity contribution < 1.29 is 19.4 Å². The molecule has 4 aliphatic rings. The summed E-state index contributed by atoms with van der Waals surface area (Å²) in [7, 11) is 1.75. The van der Waals surface area contributed by atoms with Gasteiger partial charge in [-0.15, -0.1) is 5.10 Å². The molecule has 0 saturated carbocycles. The first-order valence-electron chi connectivity index (χ1n) is 12.3. The van der Waals surface area contributed by atoms with Gasteiger partial charge in [0, 0.05) is 50.6 Å². The Bertz CT molecular complexity index is 1450. The number of aryl methyl sites for hydroxylation is 2. The number of carbonyl (C=O) groups excluding carboxylic acids is 1. The molecule has 9 heteroatoms. The number of pyridine rings is 1. The van der Waals surface area contributed by atoms with Crippen LogP contribution in [0.2, 0.25) is 0 Å². The molecule has 37 heavy (non-hydrogen) atoms. The fourth-order valence-electron chi connectivity index (χ4n) is 4.91. The first kappa shape index (κ1) is 24.6. The molecule has 2 aromatic carbocycles. The zero-order valence-corrected chi connectivity index (χ0v) is 20.9. The smallest absolute Gasteiger partial charge is 0.304 e. The van der Waals surface area contributed by atoms with Gasteiger partial charge in [-0.05, 0) is 59.4 Å². The number of amides is 1. The first-order chi connectivity index (χ1) is 17.9. The molecule has 8 rings (SSSR count). The van der Waals surface area contributed by atoms with E-state index in [1.54, 1.807) is 24.3 Å². The van der Waals surface area contributed by atoms with Gasteiger partial charge in [-0.25, -0.2) is 4.68 Å². The third kappa shape index (κ3) is 5.22. The SMILES string of the molecule is Cc1c2ccc3c1nnn3CCCOCc1ccc(cc1)C(=O)N(C)Cc1cncc(c1)[C@H]2CC(=O)O. The van der Waals surface area contributed by atoms with Gasteiger partial charge >= 0.3 is 5.97 Å². The van der Waals surface area contributed by atoms with E-state index in [4.69, 9.17) is 4.74 Å². The number of aromatic nitrogens is 4. The molecule has 190 valence electrons. The van der Waals surface area contributed by atoms with Crippen LogP contribution in [0, 0.1) is 6.92 Å². The zero-order chi connectivity index (χ0) is 25.9. The van der Waals surface area contributed by atoms with Crippen molar-refractivity contribution in [2.45, 2.75) is 45.4 Å². The van der Waals surface area contributed by atoms with Gasteiger partial charge in [0.2, 0.25) is 0 Å². The molecule has 1 atom stereocenters. The summed E-state index contributed by atoms with van der Waals surface area (Å²) >= 11 is 0. The Morgan fingerprint density at radius 1 is 1.14 bits per heavy atom. The van der Waals surface area contributed by atoms with Crippen molar-refractivity contribution in [3.05, 3.63) is 88.2 Å². The van der Waals surface area contributed by atoms with Crippen molar-refractivity contribution >= 4 is 22.9 Å². The number of carboxylic acids is 1. The van der Waals surface area contributed by atoms with E-state index in [2.05, 4.69) is 15.3 Å². The number of rotatable bonds is 2. The molecule has 0 fully saturated rings. The Labute approximate surface area is 214 Å². The van der Waals surface area contributed by atoms with Gasteiger partial charge in [0.15, 0.2) is 0 Å². The number of carboxylic acid groups (broad SMARTS) is 1. The average molecular weight is 500 g/mol. The highest BCUT2D eigenvalue weighted by atomic mass is 16.5. The molecule has 0 unspecified atom stereocenters. The first-order valence-corrected chi connectivity index (χ1v) is 12.3. The lowest BCUT2D eigenvalue weighted by atomic mass is 9.86. The maximum Gasteiger partial charge on any atom is 0.304 e. The van der Waals surface area contributed by atoms with Gasteiger partial charge in [-0.3, -0.25) is 14.6 Å². The lowest BCUT2D eigenvalue weighted by Gasteiger charge is -2.21. The van der Waals surface area contributed by atoms with E-state index in [1.807, 2.05) is 54.1 Å². The highest BCUT2D eigenvalue weighted by molar-refractivity contribution is 5.94. The summed E-state index contributed by atoms with van der Waals surface area (Å²) in [5.74, 6) is -1.43. The molecule has 4 aliphatic heterocycles. The quantitative estimate of drug-likeness (QED) is 0.445. The van der Waals surface area contributed by atoms with E-state index in [0.29, 0.717) is 31.9 Å². The second-order valence-electron chi connectivity index (χ2n) is 9.50. The number of hydrogen-bond donors (Lipinski definition) is 1. The minimum atomic E-state index is -0.903. The number of carbonyl (C=O) groups is 2. The van der Waals surface area contributed by atoms with Crippen LogP contribution in [0.1, 0.15) is 56.9 Å². The van der Waals surface area contributed by atoms with E-state index in [0.717, 1.165) is 45.3 Å². The minimum Gasteiger partial charge on any atom is -0.481 e. The number of hydrogen-bond acceptors (Lipinski definition) is 6. The van der Waals surface area contributed by atoms with Crippen LogP contribution in [0.3, 0.4) is 0 Å². The van der Waals surface area contributed by atoms with Crippen LogP contribution in [0.25, 0.3) is 11.0 Å². The summed E-state index contributed by atoms with van der Waals surface area (Å²) in [5, 5.41) is 18.5. The number of nitrogens with zero attached hydrogens (tertiary/aromatic N) is 5. The van der Waals surface area contributed by atoms with Gasteiger partial charge in [-0.1, -0.05) is 29.5 Å². The predicted octanol–water partition coefficient (Wildman–Crippen LogP) is 3.93. The summed E-state index contributed by atoms with van der Waals surface area (Å²) in [6, 6.07) is 13.3. The fourth-order valence-corrected chi connectivity index (χ4v) is 4.91. The van der Waals surface area contributed by atoms with Crippen molar-refractivity contribution in [2.75, 3.05) is 13.7 Å². The molecule has 0 saturated heterocycles. The van der Waals surface area contributed by atoms with Crippen molar-refractivity contribution in [1.29, 1.82) is 0 Å². The van der Waals surface area contributed by atoms with Crippen LogP contribution >= 0.6 is 0 Å². The summed E-state index contributed by atoms with van der Waals surface area (Å²) in [5.41, 5.74) is 6.64. The predicted molar refractivity (Wildman–Crippen MR) is 137 cm³/mol. The van der Waals surface area contributed by atoms with Crippen molar-refractivity contribution in [2.24, 2.45) is 0 Å². The largest absolute Gasteiger partial charge is 0.481 e. The third-order valence-electron chi connectivity index (χ3n) is 6.85. The van der Waals surface area contributed by atoms with E-state index >= 15 is 0 Å². The summed E-state index contributed by atoms with van der Waals surface area (Å²) < 4.78 is 7.71. The van der Waals surface area contributed by atoms with Crippen LogP contribution in [0.15, 0.2) is 54.9 Å². The van der Waals surface area contributed by atoms with E-state index in [-0.39, 0.29) is 12.3 Å². The Balaban J connectivity index is 1.57. The van der Waals surface area contributed by atoms with Crippen LogP contribution in [-0.4, -0.2) is 55.5 Å². The van der Waals surface area contributed by atoms with E-state index in [9.17, 15) is 14.7 Å². The summed E-state index contributed by atoms with van der Waals surface area (Å²) in [4.78, 5) is 31.0. The molecule has 0 radical (unpaired) electrons. The Morgan fingerprint density at radius 2 is 1.95 bits per heavy atom. The standard InChI is InChI=1S/C28H29N5O4/c1-18-23-8-9-25-27(18)30-31-33(25)10-3-11-37-17-19-4-6-21(7-5-19)28(36)32(2)16-20-12-22(15-29-14-20)24(23)13-26(34)35/h4-9,12,14-15,24H,3,10-11,13,16-17H2,1-2H3,(H,34,35)/t24-/m1/s1. The van der Waals surface area contributed by atoms with Crippen molar-refractivity contribution in [3.63, 3.8) is 0 Å². The monoisotopic (exact) mass is 499 g/mol. The third-order valence-corrected chi connectivity index (χ3v) is 6.85. The summed E-state index contributed by atoms with van der Waals surface area (Å²) in [6.45, 7) is 3.98. The van der Waals surface area contributed by atoms with Crippen LogP contribution in [0.5, 0.6) is 0 Å². The summed E-state index contributed by atoms with van der Waals surface area (Å²) in [6.07, 6.45) is 4.08. The highest BCUT2D eigenvalue weighted by Crippen LogP contribution is 2.33. The molecule has 2 aromatic heterocycles. The molecule has 0 spiro atoms. The molecule has 8 bridgehead atoms. The lowest BCUT2D eigenvalue weighted by molar-refractivity contribution is -0.137. The van der Waals surface area contributed by atoms with Gasteiger partial charge in [0.1, 0.15) is 5.52 Å². The zero-order valence-electron chi connectivity index (χ0n) is 20.9. The number of aliphatic carboxylic acids is 1. The van der Waals surface area contributed by atoms with Gasteiger partial charge in [0.05, 0.1) is 18.5 Å². The van der Waals surface area contributed by atoms with E-state index in [1.165, 1.54) is 0 Å². The average Bonchev–Trinajstić information content (AvgIpc) is 3.31. The normalized spacial score (nSPS) is 16.9. The molecular weight excluding hydrogens is 470 g/mol. The second kappa shape index (κ2) is 10.5. The molecule has 6 heterocycles. The molecule has 1 amide bonds. The number of benzene rings is 2. The molecule has 9 nitrogen and oxygen atoms in total. The van der Waals surface area contributed by atoms with Gasteiger partial charge in [0.25, 0.3) is 5.91 Å². The van der Waals surface area contributed by atoms with Crippen LogP contribution in [-0.2, 0) is 29.2 Å². The second-order valence-corrected chi connectivity index (χ2v) is 9.50. The van der Waals surface area contributed by atoms with Crippen LogP contribution < -0.4 is 0 Å². The van der Waals surface area contributed by atoms with Crippen molar-refractivity contribution in [3.8, 4) is 0 Å². The van der Waals surface area contributed by atoms with Gasteiger partial charge in [-0.2, -0.15) is 0 Å². The molecule has 1 N–H and O–H groups in total. The Hall–Kier alpha value is -4.11. The minimum absolute atomic E-state index is 0.0932. The van der Waals surface area contributed by atoms with E-state index < -0.39 is 11.9 Å². The number of ether oxygens (including phenoxy) is 1. The lowest BCUT2D eigenvalue weighted by Crippen LogP contribution is -2.26.